The lowest BCUT2D eigenvalue weighted by atomic mass is 10.0. The van der Waals surface area contributed by atoms with E-state index >= 15 is 0 Å². The predicted octanol–water partition coefficient (Wildman–Crippen LogP) is 3.14. The van der Waals surface area contributed by atoms with Gasteiger partial charge in [-0.25, -0.2) is 4.98 Å². The van der Waals surface area contributed by atoms with Crippen molar-refractivity contribution in [2.75, 3.05) is 12.8 Å². The van der Waals surface area contributed by atoms with Crippen molar-refractivity contribution >= 4 is 11.6 Å². The highest BCUT2D eigenvalue weighted by molar-refractivity contribution is 5.99. The molecule has 1 aliphatic carbocycles. The molecule has 5 heteroatoms. The molecule has 0 unspecified atom stereocenters. The average molecular weight is 299 g/mol. The van der Waals surface area contributed by atoms with Gasteiger partial charge in [0.2, 0.25) is 0 Å². The van der Waals surface area contributed by atoms with E-state index in [0.29, 0.717) is 23.6 Å². The van der Waals surface area contributed by atoms with E-state index in [9.17, 15) is 4.79 Å². The second-order valence-electron chi connectivity index (χ2n) is 5.95. The zero-order chi connectivity index (χ0) is 15.7. The van der Waals surface area contributed by atoms with Crippen LogP contribution in [0.3, 0.4) is 0 Å². The molecule has 22 heavy (non-hydrogen) atoms. The van der Waals surface area contributed by atoms with Crippen molar-refractivity contribution < 1.29 is 9.53 Å². The topological polar surface area (TPSA) is 70.1 Å². The Hall–Kier alpha value is -2.30. The number of ketones is 1. The number of hydrogen-bond acceptors (Lipinski definition) is 4. The molecule has 1 fully saturated rings. The Kier molecular flexibility index (Phi) is 3.88. The first kappa shape index (κ1) is 14.6. The van der Waals surface area contributed by atoms with E-state index < -0.39 is 0 Å². The number of aromatic nitrogens is 2. The Bertz CT molecular complexity index is 702. The fraction of sp³-hybridized carbons (Fsp3) is 0.412. The molecule has 0 spiro atoms. The second kappa shape index (κ2) is 5.83. The highest BCUT2D eigenvalue weighted by Gasteiger charge is 2.24. The molecule has 0 atom stereocenters. The molecule has 0 saturated heterocycles. The van der Waals surface area contributed by atoms with Crippen LogP contribution in [0, 0.1) is 12.8 Å². The normalized spacial score (nSPS) is 14.1. The number of imidazole rings is 1. The number of carbonyl (C=O) groups is 1. The Morgan fingerprint density at radius 2 is 2.23 bits per heavy atom. The minimum atomic E-state index is 0.141. The number of anilines is 1. The first-order valence-electron chi connectivity index (χ1n) is 7.60. The number of benzene rings is 1. The third kappa shape index (κ3) is 2.98. The summed E-state index contributed by atoms with van der Waals surface area (Å²) >= 11 is 0. The molecule has 1 aliphatic rings. The van der Waals surface area contributed by atoms with E-state index in [2.05, 4.69) is 4.98 Å². The van der Waals surface area contributed by atoms with E-state index in [4.69, 9.17) is 10.5 Å². The van der Waals surface area contributed by atoms with Crippen LogP contribution in [0.5, 0.6) is 5.75 Å². The number of carbonyl (C=O) groups excluding carboxylic acids is 1. The maximum Gasteiger partial charge on any atom is 0.166 e. The maximum atomic E-state index is 12.6. The van der Waals surface area contributed by atoms with E-state index in [-0.39, 0.29) is 5.78 Å². The molecular formula is C17H21N3O2. The number of nitrogen functional groups attached to an aromatic ring is 1. The first-order chi connectivity index (χ1) is 10.6. The van der Waals surface area contributed by atoms with Crippen LogP contribution in [0.4, 0.5) is 5.82 Å². The summed E-state index contributed by atoms with van der Waals surface area (Å²) in [5.41, 5.74) is 8.12. The molecule has 0 radical (unpaired) electrons. The van der Waals surface area contributed by atoms with E-state index in [1.807, 2.05) is 23.6 Å². The predicted molar refractivity (Wildman–Crippen MR) is 85.6 cm³/mol. The number of ether oxygens (including phenoxy) is 1. The van der Waals surface area contributed by atoms with Gasteiger partial charge in [0, 0.05) is 12.1 Å². The summed E-state index contributed by atoms with van der Waals surface area (Å²) in [4.78, 5) is 16.6. The van der Waals surface area contributed by atoms with Crippen LogP contribution in [0.2, 0.25) is 0 Å². The highest BCUT2D eigenvalue weighted by Crippen LogP contribution is 2.35. The smallest absolute Gasteiger partial charge is 0.166 e. The highest BCUT2D eigenvalue weighted by atomic mass is 16.5. The van der Waals surface area contributed by atoms with Crippen LogP contribution in [0.15, 0.2) is 24.7 Å². The first-order valence-corrected chi connectivity index (χ1v) is 7.60. The molecular weight excluding hydrogens is 278 g/mol. The molecule has 2 N–H and O–H groups in total. The molecule has 1 aromatic carbocycles. The molecule has 0 amide bonds. The van der Waals surface area contributed by atoms with Crippen LogP contribution in [0.1, 0.15) is 41.6 Å². The summed E-state index contributed by atoms with van der Waals surface area (Å²) in [6.45, 7) is 1.94. The minimum Gasteiger partial charge on any atom is -0.496 e. The zero-order valence-corrected chi connectivity index (χ0v) is 13.0. The number of methoxy groups -OCH3 is 1. The fourth-order valence-electron chi connectivity index (χ4n) is 2.74. The number of hydrogen-bond donors (Lipinski definition) is 1. The van der Waals surface area contributed by atoms with Gasteiger partial charge in [-0.05, 0) is 37.0 Å². The van der Waals surface area contributed by atoms with Crippen LogP contribution in [0.25, 0.3) is 5.69 Å². The van der Waals surface area contributed by atoms with Gasteiger partial charge in [-0.15, -0.1) is 0 Å². The third-order valence-corrected chi connectivity index (χ3v) is 4.14. The van der Waals surface area contributed by atoms with Crippen molar-refractivity contribution in [3.8, 4) is 11.4 Å². The number of aryl methyl sites for hydroxylation is 1. The molecule has 116 valence electrons. The Labute approximate surface area is 130 Å². The van der Waals surface area contributed by atoms with Gasteiger partial charge in [0.1, 0.15) is 17.9 Å². The lowest BCUT2D eigenvalue weighted by Crippen LogP contribution is -2.06. The van der Waals surface area contributed by atoms with Crippen LogP contribution in [-0.4, -0.2) is 22.4 Å². The van der Waals surface area contributed by atoms with E-state index in [0.717, 1.165) is 23.6 Å². The summed E-state index contributed by atoms with van der Waals surface area (Å²) in [6.07, 6.45) is 7.46. The quantitative estimate of drug-likeness (QED) is 0.832. The van der Waals surface area contributed by atoms with Gasteiger partial charge >= 0.3 is 0 Å². The zero-order valence-electron chi connectivity index (χ0n) is 13.0. The van der Waals surface area contributed by atoms with Gasteiger partial charge in [0.15, 0.2) is 5.78 Å². The summed E-state index contributed by atoms with van der Waals surface area (Å²) in [5.74, 6) is 2.00. The number of nitrogens with zero attached hydrogens (tertiary/aromatic N) is 2. The third-order valence-electron chi connectivity index (χ3n) is 4.14. The summed E-state index contributed by atoms with van der Waals surface area (Å²) < 4.78 is 7.26. The monoisotopic (exact) mass is 299 g/mol. The summed E-state index contributed by atoms with van der Waals surface area (Å²) in [7, 11) is 1.61. The van der Waals surface area contributed by atoms with E-state index in [1.54, 1.807) is 19.6 Å². The van der Waals surface area contributed by atoms with Crippen LogP contribution in [-0.2, 0) is 0 Å². The maximum absolute atomic E-state index is 12.6. The van der Waals surface area contributed by atoms with Crippen molar-refractivity contribution in [3.63, 3.8) is 0 Å². The van der Waals surface area contributed by atoms with E-state index in [1.165, 1.54) is 12.8 Å². The van der Waals surface area contributed by atoms with Gasteiger partial charge in [0.05, 0.1) is 18.9 Å². The summed E-state index contributed by atoms with van der Waals surface area (Å²) in [6, 6.07) is 3.83. The molecule has 1 heterocycles. The molecule has 0 aliphatic heterocycles. The van der Waals surface area contributed by atoms with Crippen molar-refractivity contribution in [2.24, 2.45) is 5.92 Å². The fourth-order valence-corrected chi connectivity index (χ4v) is 2.74. The average Bonchev–Trinajstić information content (AvgIpc) is 3.23. The lowest BCUT2D eigenvalue weighted by molar-refractivity contribution is 0.0975. The molecule has 2 aromatic rings. The second-order valence-corrected chi connectivity index (χ2v) is 5.95. The van der Waals surface area contributed by atoms with Gasteiger partial charge in [-0.3, -0.25) is 4.79 Å². The molecule has 5 nitrogen and oxygen atoms in total. The Morgan fingerprint density at radius 3 is 2.82 bits per heavy atom. The Morgan fingerprint density at radius 1 is 1.45 bits per heavy atom. The van der Waals surface area contributed by atoms with Gasteiger partial charge < -0.3 is 15.0 Å². The largest absolute Gasteiger partial charge is 0.496 e. The van der Waals surface area contributed by atoms with Crippen molar-refractivity contribution in [3.05, 3.63) is 35.8 Å². The molecule has 0 bridgehead atoms. The van der Waals surface area contributed by atoms with Crippen molar-refractivity contribution in [1.82, 2.24) is 9.55 Å². The lowest BCUT2D eigenvalue weighted by Gasteiger charge is -2.13. The molecule has 1 aromatic heterocycles. The molecule has 3 rings (SSSR count). The molecule has 1 saturated carbocycles. The van der Waals surface area contributed by atoms with Gasteiger partial charge in [-0.2, -0.15) is 0 Å². The van der Waals surface area contributed by atoms with Crippen molar-refractivity contribution in [1.29, 1.82) is 0 Å². The van der Waals surface area contributed by atoms with Crippen LogP contribution >= 0.6 is 0 Å². The Balaban J connectivity index is 1.94. The number of Topliss-reactive ketones (excluding diaryl/α,β-unsaturated/α-hetero) is 1. The number of nitrogens with two attached hydrogens (primary N) is 1. The minimum absolute atomic E-state index is 0.141. The number of rotatable bonds is 6. The standard InChI is InChI=1S/C17H21N3O2/c1-11-7-13(20-9-16(18)19-10-20)8-14(17(11)22-2)15(21)6-5-12-3-4-12/h7-10,12H,3-6,18H2,1-2H3. The van der Waals surface area contributed by atoms with Gasteiger partial charge in [0.25, 0.3) is 0 Å². The van der Waals surface area contributed by atoms with Crippen LogP contribution < -0.4 is 10.5 Å². The SMILES string of the molecule is COc1c(C)cc(-n2cnc(N)c2)cc1C(=O)CCC1CC1. The van der Waals surface area contributed by atoms with Crippen molar-refractivity contribution in [2.45, 2.75) is 32.6 Å². The summed E-state index contributed by atoms with van der Waals surface area (Å²) in [5, 5.41) is 0. The van der Waals surface area contributed by atoms with Gasteiger partial charge in [-0.1, -0.05) is 12.8 Å².